The van der Waals surface area contributed by atoms with Crippen LogP contribution in [-0.4, -0.2) is 61.5 Å². The van der Waals surface area contributed by atoms with Crippen molar-refractivity contribution in [2.24, 2.45) is 0 Å². The second-order valence-corrected chi connectivity index (χ2v) is 3.59. The lowest BCUT2D eigenvalue weighted by Crippen LogP contribution is -2.36. The van der Waals surface area contributed by atoms with Gasteiger partial charge in [0, 0.05) is 13.1 Å². The third kappa shape index (κ3) is 8.66. The summed E-state index contributed by atoms with van der Waals surface area (Å²) in [7, 11) is 0. The van der Waals surface area contributed by atoms with Gasteiger partial charge in [0.15, 0.2) is 0 Å². The van der Waals surface area contributed by atoms with Crippen molar-refractivity contribution in [3.05, 3.63) is 0 Å². The first-order valence-corrected chi connectivity index (χ1v) is 6.56. The van der Waals surface area contributed by atoms with E-state index in [2.05, 4.69) is 4.74 Å². The maximum atomic E-state index is 11.5. The Labute approximate surface area is 114 Å². The molecule has 0 unspecified atom stereocenters. The van der Waals surface area contributed by atoms with Crippen LogP contribution in [0.1, 0.15) is 27.7 Å². The molecule has 0 atom stereocenters. The standard InChI is InChI=1S/C12H24N2O5/c1-5-13(17-7-3)9-11(15)19-12(16)10-14(6-2)18-8-4/h5-10H2,1-4H3. The molecule has 0 rings (SSSR count). The van der Waals surface area contributed by atoms with Crippen LogP contribution in [0.15, 0.2) is 0 Å². The molecule has 7 nitrogen and oxygen atoms in total. The Morgan fingerprint density at radius 2 is 1.16 bits per heavy atom. The van der Waals surface area contributed by atoms with Crippen molar-refractivity contribution in [1.29, 1.82) is 0 Å². The van der Waals surface area contributed by atoms with E-state index >= 15 is 0 Å². The summed E-state index contributed by atoms with van der Waals surface area (Å²) in [4.78, 5) is 33.3. The number of hydroxylamine groups is 4. The number of carbonyl (C=O) groups excluding carboxylic acids is 2. The lowest BCUT2D eigenvalue weighted by Gasteiger charge is -2.19. The second kappa shape index (κ2) is 10.9. The molecule has 0 radical (unpaired) electrons. The smallest absolute Gasteiger partial charge is 0.330 e. The molecule has 112 valence electrons. The minimum absolute atomic E-state index is 0.0726. The Bertz CT molecular complexity index is 247. The largest absolute Gasteiger partial charge is 0.391 e. The summed E-state index contributed by atoms with van der Waals surface area (Å²) in [6.07, 6.45) is 0. The summed E-state index contributed by atoms with van der Waals surface area (Å²) in [6.45, 7) is 9.19. The van der Waals surface area contributed by atoms with E-state index in [0.29, 0.717) is 26.3 Å². The van der Waals surface area contributed by atoms with Crippen molar-refractivity contribution in [2.45, 2.75) is 27.7 Å². The maximum absolute atomic E-state index is 11.5. The summed E-state index contributed by atoms with van der Waals surface area (Å²) in [5, 5.41) is 2.88. The topological polar surface area (TPSA) is 68.3 Å². The van der Waals surface area contributed by atoms with Gasteiger partial charge in [0.1, 0.15) is 13.1 Å². The van der Waals surface area contributed by atoms with Crippen LogP contribution in [0.5, 0.6) is 0 Å². The number of nitrogens with zero attached hydrogens (tertiary/aromatic N) is 2. The summed E-state index contributed by atoms with van der Waals surface area (Å²) >= 11 is 0. The van der Waals surface area contributed by atoms with Crippen molar-refractivity contribution in [1.82, 2.24) is 10.1 Å². The van der Waals surface area contributed by atoms with Gasteiger partial charge in [-0.2, -0.15) is 10.1 Å². The fraction of sp³-hybridized carbons (Fsp3) is 0.833. The summed E-state index contributed by atoms with van der Waals surface area (Å²) in [5.41, 5.74) is 0. The van der Waals surface area contributed by atoms with Crippen LogP contribution in [0.4, 0.5) is 0 Å². The first-order valence-electron chi connectivity index (χ1n) is 6.56. The highest BCUT2D eigenvalue weighted by atomic mass is 16.7. The average Bonchev–Trinajstić information content (AvgIpc) is 2.37. The molecule has 0 aromatic heterocycles. The number of ether oxygens (including phenoxy) is 1. The van der Waals surface area contributed by atoms with Crippen LogP contribution in [0, 0.1) is 0 Å². The van der Waals surface area contributed by atoms with Gasteiger partial charge < -0.3 is 4.74 Å². The second-order valence-electron chi connectivity index (χ2n) is 3.59. The van der Waals surface area contributed by atoms with E-state index in [0.717, 1.165) is 0 Å². The molecule has 0 saturated carbocycles. The first-order chi connectivity index (χ1) is 9.07. The van der Waals surface area contributed by atoms with Crippen molar-refractivity contribution in [3.63, 3.8) is 0 Å². The minimum atomic E-state index is -0.632. The van der Waals surface area contributed by atoms with Crippen molar-refractivity contribution < 1.29 is 24.0 Å². The van der Waals surface area contributed by atoms with Gasteiger partial charge in [-0.15, -0.1) is 0 Å². The third-order valence-electron chi connectivity index (χ3n) is 2.17. The number of hydrogen-bond donors (Lipinski definition) is 0. The van der Waals surface area contributed by atoms with Gasteiger partial charge in [0.2, 0.25) is 0 Å². The number of hydrogen-bond acceptors (Lipinski definition) is 7. The molecule has 0 aromatic carbocycles. The van der Waals surface area contributed by atoms with Gasteiger partial charge in [-0.1, -0.05) is 13.8 Å². The summed E-state index contributed by atoms with van der Waals surface area (Å²) < 4.78 is 4.69. The fourth-order valence-electron chi connectivity index (χ4n) is 1.34. The van der Waals surface area contributed by atoms with Crippen molar-refractivity contribution >= 4 is 11.9 Å². The highest BCUT2D eigenvalue weighted by Crippen LogP contribution is 1.95. The molecule has 0 fully saturated rings. The molecule has 0 spiro atoms. The Balaban J connectivity index is 4.06. The average molecular weight is 276 g/mol. The molecule has 19 heavy (non-hydrogen) atoms. The quantitative estimate of drug-likeness (QED) is 0.329. The van der Waals surface area contributed by atoms with Gasteiger partial charge in [-0.3, -0.25) is 19.3 Å². The molecule has 0 heterocycles. The van der Waals surface area contributed by atoms with E-state index in [1.54, 1.807) is 0 Å². The van der Waals surface area contributed by atoms with Crippen LogP contribution in [0.2, 0.25) is 0 Å². The van der Waals surface area contributed by atoms with Crippen LogP contribution >= 0.6 is 0 Å². The van der Waals surface area contributed by atoms with E-state index in [1.807, 2.05) is 27.7 Å². The predicted octanol–water partition coefficient (Wildman–Crippen LogP) is 0.603. The molecule has 0 aliphatic carbocycles. The van der Waals surface area contributed by atoms with E-state index < -0.39 is 11.9 Å². The van der Waals surface area contributed by atoms with Crippen LogP contribution < -0.4 is 0 Å². The van der Waals surface area contributed by atoms with Crippen LogP contribution in [0.3, 0.4) is 0 Å². The first kappa shape index (κ1) is 18.0. The molecular weight excluding hydrogens is 252 g/mol. The molecular formula is C12H24N2O5. The Hall–Kier alpha value is -1.02. The normalized spacial score (nSPS) is 11.1. The van der Waals surface area contributed by atoms with Crippen LogP contribution in [0.25, 0.3) is 0 Å². The zero-order valence-electron chi connectivity index (χ0n) is 12.2. The Morgan fingerprint density at radius 1 is 0.789 bits per heavy atom. The lowest BCUT2D eigenvalue weighted by atomic mass is 10.5. The monoisotopic (exact) mass is 276 g/mol. The van der Waals surface area contributed by atoms with Gasteiger partial charge in [-0.05, 0) is 13.8 Å². The maximum Gasteiger partial charge on any atom is 0.330 e. The van der Waals surface area contributed by atoms with Crippen molar-refractivity contribution in [3.8, 4) is 0 Å². The Kier molecular flexibility index (Phi) is 10.3. The Morgan fingerprint density at radius 3 is 1.42 bits per heavy atom. The van der Waals surface area contributed by atoms with Crippen LogP contribution in [-0.2, 0) is 24.0 Å². The van der Waals surface area contributed by atoms with Gasteiger partial charge >= 0.3 is 11.9 Å². The van der Waals surface area contributed by atoms with E-state index in [-0.39, 0.29) is 13.1 Å². The third-order valence-corrected chi connectivity index (χ3v) is 2.17. The number of carbonyl (C=O) groups is 2. The highest BCUT2D eigenvalue weighted by Gasteiger charge is 2.17. The molecule has 7 heteroatoms. The predicted molar refractivity (Wildman–Crippen MR) is 68.8 cm³/mol. The molecule has 0 aromatic rings. The summed E-state index contributed by atoms with van der Waals surface area (Å²) in [6, 6.07) is 0. The molecule has 0 saturated heterocycles. The minimum Gasteiger partial charge on any atom is -0.391 e. The van der Waals surface area contributed by atoms with E-state index in [1.165, 1.54) is 10.1 Å². The van der Waals surface area contributed by atoms with Crippen molar-refractivity contribution in [2.75, 3.05) is 39.4 Å². The van der Waals surface area contributed by atoms with E-state index in [9.17, 15) is 9.59 Å². The van der Waals surface area contributed by atoms with Gasteiger partial charge in [0.25, 0.3) is 0 Å². The van der Waals surface area contributed by atoms with E-state index in [4.69, 9.17) is 9.68 Å². The lowest BCUT2D eigenvalue weighted by molar-refractivity contribution is -0.189. The summed E-state index contributed by atoms with van der Waals surface area (Å²) in [5.74, 6) is -1.26. The fourth-order valence-corrected chi connectivity index (χ4v) is 1.34. The SMILES string of the molecule is CCON(CC)CC(=O)OC(=O)CN(CC)OCC. The molecule has 0 N–H and O–H groups in total. The molecule has 0 aliphatic heterocycles. The molecule has 0 bridgehead atoms. The van der Waals surface area contributed by atoms with Gasteiger partial charge in [-0.25, -0.2) is 0 Å². The number of likely N-dealkylation sites (N-methyl/N-ethyl adjacent to an activating group) is 2. The molecule has 0 aliphatic rings. The van der Waals surface area contributed by atoms with Gasteiger partial charge in [0.05, 0.1) is 13.2 Å². The highest BCUT2D eigenvalue weighted by molar-refractivity contribution is 5.87. The zero-order chi connectivity index (χ0) is 14.7. The molecule has 0 amide bonds. The number of esters is 2. The zero-order valence-corrected chi connectivity index (χ0v) is 12.2. The number of rotatable bonds is 10.